The van der Waals surface area contributed by atoms with Crippen LogP contribution in [0.3, 0.4) is 0 Å². The van der Waals surface area contributed by atoms with Gasteiger partial charge in [-0.2, -0.15) is 0 Å². The molecule has 2 fully saturated rings. The van der Waals surface area contributed by atoms with Crippen LogP contribution in [0.2, 0.25) is 0 Å². The third-order valence-electron chi connectivity index (χ3n) is 6.12. The third-order valence-corrected chi connectivity index (χ3v) is 6.12. The van der Waals surface area contributed by atoms with Gasteiger partial charge in [0, 0.05) is 38.8 Å². The number of carboxylic acids is 1. The maximum absolute atomic E-state index is 12.5. The van der Waals surface area contributed by atoms with Gasteiger partial charge in [-0.25, -0.2) is 4.79 Å². The molecule has 6 nitrogen and oxygen atoms in total. The first-order chi connectivity index (χ1) is 13.4. The molecule has 1 heterocycles. The highest BCUT2D eigenvalue weighted by molar-refractivity contribution is 5.75. The Morgan fingerprint density at radius 2 is 1.64 bits per heavy atom. The standard InChI is InChI=1S/C22H33N3O3/c1-16(2)18-5-3-17(4-6-18)15-24-11-13-25(14-12-24)22(28)23-20-9-7-19(8-10-20)21(26)27/h3-6,16,19-20H,7-15H2,1-2H3,(H,23,28)(H,26,27). The van der Waals surface area contributed by atoms with Crippen LogP contribution in [0, 0.1) is 5.92 Å². The molecule has 2 aliphatic rings. The number of piperazine rings is 1. The van der Waals surface area contributed by atoms with Crippen molar-refractivity contribution in [2.75, 3.05) is 26.2 Å². The molecule has 3 rings (SSSR count). The Morgan fingerprint density at radius 1 is 1.04 bits per heavy atom. The van der Waals surface area contributed by atoms with E-state index < -0.39 is 5.97 Å². The van der Waals surface area contributed by atoms with Gasteiger partial charge in [-0.1, -0.05) is 38.1 Å². The van der Waals surface area contributed by atoms with Crippen LogP contribution in [0.15, 0.2) is 24.3 Å². The number of nitrogens with one attached hydrogen (secondary N) is 1. The lowest BCUT2D eigenvalue weighted by atomic mass is 9.86. The Morgan fingerprint density at radius 3 is 2.18 bits per heavy atom. The van der Waals surface area contributed by atoms with Crippen LogP contribution in [0.5, 0.6) is 0 Å². The highest BCUT2D eigenvalue weighted by Gasteiger charge is 2.28. The van der Waals surface area contributed by atoms with Crippen LogP contribution < -0.4 is 5.32 Å². The molecule has 1 aliphatic heterocycles. The van der Waals surface area contributed by atoms with Crippen molar-refractivity contribution in [2.24, 2.45) is 5.92 Å². The zero-order valence-corrected chi connectivity index (χ0v) is 17.1. The fourth-order valence-electron chi connectivity index (χ4n) is 4.13. The Balaban J connectivity index is 1.40. The van der Waals surface area contributed by atoms with Crippen molar-refractivity contribution in [3.8, 4) is 0 Å². The van der Waals surface area contributed by atoms with E-state index in [9.17, 15) is 9.59 Å². The van der Waals surface area contributed by atoms with Crippen LogP contribution in [-0.4, -0.2) is 59.1 Å². The molecule has 154 valence electrons. The lowest BCUT2D eigenvalue weighted by Crippen LogP contribution is -2.53. The number of aliphatic carboxylic acids is 1. The van der Waals surface area contributed by atoms with Gasteiger partial charge in [-0.15, -0.1) is 0 Å². The Bertz CT molecular complexity index is 658. The number of nitrogens with zero attached hydrogens (tertiary/aromatic N) is 2. The monoisotopic (exact) mass is 387 g/mol. The highest BCUT2D eigenvalue weighted by Crippen LogP contribution is 2.24. The minimum Gasteiger partial charge on any atom is -0.481 e. The number of carbonyl (C=O) groups excluding carboxylic acids is 1. The van der Waals surface area contributed by atoms with Crippen molar-refractivity contribution >= 4 is 12.0 Å². The molecule has 1 aromatic carbocycles. The summed E-state index contributed by atoms with van der Waals surface area (Å²) in [5.41, 5.74) is 2.68. The van der Waals surface area contributed by atoms with Crippen LogP contribution in [-0.2, 0) is 11.3 Å². The second-order valence-electron chi connectivity index (χ2n) is 8.50. The zero-order chi connectivity index (χ0) is 20.1. The van der Waals surface area contributed by atoms with E-state index in [4.69, 9.17) is 5.11 Å². The molecule has 1 saturated carbocycles. The van der Waals surface area contributed by atoms with Gasteiger partial charge in [0.05, 0.1) is 5.92 Å². The van der Waals surface area contributed by atoms with Crippen LogP contribution in [0.4, 0.5) is 4.79 Å². The minimum absolute atomic E-state index is 0.000267. The summed E-state index contributed by atoms with van der Waals surface area (Å²) in [6.07, 6.45) is 2.83. The van der Waals surface area contributed by atoms with E-state index in [1.165, 1.54) is 11.1 Å². The fraction of sp³-hybridized carbons (Fsp3) is 0.636. The van der Waals surface area contributed by atoms with E-state index in [-0.39, 0.29) is 18.0 Å². The zero-order valence-electron chi connectivity index (χ0n) is 17.1. The summed E-state index contributed by atoms with van der Waals surface area (Å²) < 4.78 is 0. The predicted molar refractivity (Wildman–Crippen MR) is 109 cm³/mol. The van der Waals surface area contributed by atoms with Gasteiger partial charge in [0.25, 0.3) is 0 Å². The lowest BCUT2D eigenvalue weighted by Gasteiger charge is -2.36. The first kappa shape index (κ1) is 20.6. The van der Waals surface area contributed by atoms with Crippen molar-refractivity contribution < 1.29 is 14.7 Å². The van der Waals surface area contributed by atoms with E-state index in [0.717, 1.165) is 45.6 Å². The van der Waals surface area contributed by atoms with E-state index in [2.05, 4.69) is 48.3 Å². The summed E-state index contributed by atoms with van der Waals surface area (Å²) in [5, 5.41) is 12.2. The van der Waals surface area contributed by atoms with Gasteiger partial charge in [-0.3, -0.25) is 9.69 Å². The van der Waals surface area contributed by atoms with E-state index in [1.807, 2.05) is 4.90 Å². The number of rotatable bonds is 5. The second-order valence-corrected chi connectivity index (χ2v) is 8.50. The molecule has 0 radical (unpaired) electrons. The molecule has 0 aromatic heterocycles. The molecule has 1 saturated heterocycles. The van der Waals surface area contributed by atoms with Gasteiger partial charge >= 0.3 is 12.0 Å². The average molecular weight is 388 g/mol. The van der Waals surface area contributed by atoms with Crippen molar-refractivity contribution in [3.05, 3.63) is 35.4 Å². The van der Waals surface area contributed by atoms with E-state index >= 15 is 0 Å². The smallest absolute Gasteiger partial charge is 0.317 e. The van der Waals surface area contributed by atoms with Crippen molar-refractivity contribution in [1.29, 1.82) is 0 Å². The largest absolute Gasteiger partial charge is 0.481 e. The molecule has 28 heavy (non-hydrogen) atoms. The summed E-state index contributed by atoms with van der Waals surface area (Å²) in [5.74, 6) is -0.402. The normalized spacial score (nSPS) is 23.6. The molecule has 1 aliphatic carbocycles. The average Bonchev–Trinajstić information content (AvgIpc) is 2.69. The Kier molecular flexibility index (Phi) is 6.94. The molecular formula is C22H33N3O3. The number of hydrogen-bond acceptors (Lipinski definition) is 3. The first-order valence-electron chi connectivity index (χ1n) is 10.5. The number of amides is 2. The minimum atomic E-state index is -0.709. The first-order valence-corrected chi connectivity index (χ1v) is 10.5. The number of carboxylic acid groups (broad SMARTS) is 1. The van der Waals surface area contributed by atoms with E-state index in [0.29, 0.717) is 18.8 Å². The molecule has 0 bridgehead atoms. The van der Waals surface area contributed by atoms with Crippen molar-refractivity contribution in [1.82, 2.24) is 15.1 Å². The van der Waals surface area contributed by atoms with Gasteiger partial charge in [0.15, 0.2) is 0 Å². The molecule has 0 atom stereocenters. The van der Waals surface area contributed by atoms with Crippen LogP contribution in [0.25, 0.3) is 0 Å². The number of benzene rings is 1. The molecule has 2 N–H and O–H groups in total. The summed E-state index contributed by atoms with van der Waals surface area (Å²) in [4.78, 5) is 27.9. The maximum atomic E-state index is 12.5. The number of hydrogen-bond donors (Lipinski definition) is 2. The fourth-order valence-corrected chi connectivity index (χ4v) is 4.13. The third kappa shape index (κ3) is 5.47. The molecule has 0 unspecified atom stereocenters. The van der Waals surface area contributed by atoms with Gasteiger partial charge in [0.2, 0.25) is 0 Å². The number of urea groups is 1. The molecule has 6 heteroatoms. The number of carbonyl (C=O) groups is 2. The lowest BCUT2D eigenvalue weighted by molar-refractivity contribution is -0.142. The molecule has 1 aromatic rings. The summed E-state index contributed by atoms with van der Waals surface area (Å²) in [7, 11) is 0. The molecule has 0 spiro atoms. The highest BCUT2D eigenvalue weighted by atomic mass is 16.4. The molecular weight excluding hydrogens is 354 g/mol. The van der Waals surface area contributed by atoms with Crippen molar-refractivity contribution in [2.45, 2.75) is 58.0 Å². The Hall–Kier alpha value is -2.08. The second kappa shape index (κ2) is 9.41. The topological polar surface area (TPSA) is 72.9 Å². The van der Waals surface area contributed by atoms with E-state index in [1.54, 1.807) is 0 Å². The Labute approximate surface area is 167 Å². The van der Waals surface area contributed by atoms with Crippen LogP contribution >= 0.6 is 0 Å². The van der Waals surface area contributed by atoms with Crippen LogP contribution in [0.1, 0.15) is 56.6 Å². The van der Waals surface area contributed by atoms with Gasteiger partial charge in [-0.05, 0) is 42.7 Å². The van der Waals surface area contributed by atoms with Crippen molar-refractivity contribution in [3.63, 3.8) is 0 Å². The summed E-state index contributed by atoms with van der Waals surface area (Å²) >= 11 is 0. The van der Waals surface area contributed by atoms with Gasteiger partial charge < -0.3 is 15.3 Å². The predicted octanol–water partition coefficient (Wildman–Crippen LogP) is 3.28. The van der Waals surface area contributed by atoms with Gasteiger partial charge in [0.1, 0.15) is 0 Å². The summed E-state index contributed by atoms with van der Waals surface area (Å²) in [6.45, 7) is 8.57. The quantitative estimate of drug-likeness (QED) is 0.813. The SMILES string of the molecule is CC(C)c1ccc(CN2CCN(C(=O)NC3CCC(C(=O)O)CC3)CC2)cc1. The summed E-state index contributed by atoms with van der Waals surface area (Å²) in [6, 6.07) is 8.95. The molecule has 2 amide bonds. The maximum Gasteiger partial charge on any atom is 0.317 e.